The summed E-state index contributed by atoms with van der Waals surface area (Å²) in [5, 5.41) is 3.46. The van der Waals surface area contributed by atoms with Gasteiger partial charge >= 0.3 is 0 Å². The first kappa shape index (κ1) is 11.4. The molecule has 0 bridgehead atoms. The van der Waals surface area contributed by atoms with Crippen LogP contribution in [-0.2, 0) is 0 Å². The van der Waals surface area contributed by atoms with Crippen LogP contribution in [0.15, 0.2) is 18.2 Å². The Balaban J connectivity index is 2.02. The Morgan fingerprint density at radius 3 is 2.75 bits per heavy atom. The zero-order valence-corrected chi connectivity index (χ0v) is 10.1. The molecule has 2 unspecified atom stereocenters. The average molecular weight is 222 g/mol. The number of halogens is 1. The van der Waals surface area contributed by atoms with Gasteiger partial charge in [0.05, 0.1) is 0 Å². The molecule has 1 heterocycles. The van der Waals surface area contributed by atoms with Crippen molar-refractivity contribution in [1.29, 1.82) is 0 Å². The van der Waals surface area contributed by atoms with Crippen molar-refractivity contribution in [2.45, 2.75) is 32.4 Å². The molecule has 0 saturated carbocycles. The van der Waals surface area contributed by atoms with E-state index in [1.807, 2.05) is 12.1 Å². The summed E-state index contributed by atoms with van der Waals surface area (Å²) in [6.45, 7) is 5.08. The molecule has 0 amide bonds. The van der Waals surface area contributed by atoms with Gasteiger partial charge in [-0.3, -0.25) is 0 Å². The van der Waals surface area contributed by atoms with Crippen LogP contribution in [0.2, 0.25) is 0 Å². The van der Waals surface area contributed by atoms with E-state index >= 15 is 0 Å². The van der Waals surface area contributed by atoms with Gasteiger partial charge < -0.3 is 10.2 Å². The number of benzene rings is 1. The Morgan fingerprint density at radius 1 is 1.44 bits per heavy atom. The lowest BCUT2D eigenvalue weighted by atomic mass is 10.1. The molecule has 0 aromatic heterocycles. The number of likely N-dealkylation sites (N-methyl/N-ethyl adjacent to an activating group) is 1. The van der Waals surface area contributed by atoms with Crippen LogP contribution in [0, 0.1) is 12.7 Å². The highest BCUT2D eigenvalue weighted by atomic mass is 19.1. The van der Waals surface area contributed by atoms with Crippen molar-refractivity contribution < 1.29 is 4.39 Å². The molecule has 1 aliphatic heterocycles. The van der Waals surface area contributed by atoms with Gasteiger partial charge in [-0.1, -0.05) is 0 Å². The molecule has 1 aliphatic rings. The maximum atomic E-state index is 13.1. The summed E-state index contributed by atoms with van der Waals surface area (Å²) in [7, 11) is 2.14. The van der Waals surface area contributed by atoms with Gasteiger partial charge in [0, 0.05) is 24.3 Å². The number of likely N-dealkylation sites (tertiary alicyclic amines) is 1. The first-order valence-electron chi connectivity index (χ1n) is 5.79. The highest BCUT2D eigenvalue weighted by molar-refractivity contribution is 5.47. The maximum absolute atomic E-state index is 13.1. The molecule has 2 rings (SSSR count). The Kier molecular flexibility index (Phi) is 3.15. The van der Waals surface area contributed by atoms with Gasteiger partial charge in [0.15, 0.2) is 0 Å². The minimum absolute atomic E-state index is 0.137. The molecule has 88 valence electrons. The van der Waals surface area contributed by atoms with Gasteiger partial charge in [-0.15, -0.1) is 0 Å². The predicted octanol–water partition coefficient (Wildman–Crippen LogP) is 2.64. The second kappa shape index (κ2) is 4.42. The summed E-state index contributed by atoms with van der Waals surface area (Å²) < 4.78 is 13.1. The van der Waals surface area contributed by atoms with E-state index < -0.39 is 0 Å². The molecule has 16 heavy (non-hydrogen) atoms. The van der Waals surface area contributed by atoms with Crippen LogP contribution < -0.4 is 5.32 Å². The summed E-state index contributed by atoms with van der Waals surface area (Å²) in [6, 6.07) is 6.31. The van der Waals surface area contributed by atoms with Gasteiger partial charge in [-0.25, -0.2) is 4.39 Å². The summed E-state index contributed by atoms with van der Waals surface area (Å²) in [4.78, 5) is 2.34. The molecule has 0 radical (unpaired) electrons. The number of aryl methyl sites for hydroxylation is 1. The van der Waals surface area contributed by atoms with Gasteiger partial charge in [-0.05, 0) is 51.1 Å². The van der Waals surface area contributed by atoms with Crippen molar-refractivity contribution in [3.05, 3.63) is 29.6 Å². The second-order valence-corrected chi connectivity index (χ2v) is 4.83. The average Bonchev–Trinajstić information content (AvgIpc) is 2.52. The van der Waals surface area contributed by atoms with Crippen molar-refractivity contribution >= 4 is 5.69 Å². The molecule has 0 aliphatic carbocycles. The summed E-state index contributed by atoms with van der Waals surface area (Å²) in [5.74, 6) is -0.137. The Morgan fingerprint density at radius 2 is 2.19 bits per heavy atom. The van der Waals surface area contributed by atoms with Crippen LogP contribution in [0.3, 0.4) is 0 Å². The standard InChI is InChI=1S/C13H19FN2/c1-9-6-11(4-5-13(9)14)15-12-7-10(2)16(3)8-12/h4-6,10,12,15H,7-8H2,1-3H3. The lowest BCUT2D eigenvalue weighted by molar-refractivity contribution is 0.330. The van der Waals surface area contributed by atoms with Crippen LogP contribution in [0.4, 0.5) is 10.1 Å². The van der Waals surface area contributed by atoms with E-state index in [4.69, 9.17) is 0 Å². The van der Waals surface area contributed by atoms with Crippen LogP contribution in [0.1, 0.15) is 18.9 Å². The summed E-state index contributed by atoms with van der Waals surface area (Å²) in [6.07, 6.45) is 1.15. The molecule has 1 saturated heterocycles. The fourth-order valence-electron chi connectivity index (χ4n) is 2.27. The first-order valence-corrected chi connectivity index (χ1v) is 5.79. The van der Waals surface area contributed by atoms with Gasteiger partial charge in [0.2, 0.25) is 0 Å². The Hall–Kier alpha value is -1.09. The molecule has 1 N–H and O–H groups in total. The highest BCUT2D eigenvalue weighted by Gasteiger charge is 2.25. The zero-order chi connectivity index (χ0) is 11.7. The Bertz CT molecular complexity index is 368. The smallest absolute Gasteiger partial charge is 0.126 e. The third-order valence-corrected chi connectivity index (χ3v) is 3.42. The number of nitrogens with zero attached hydrogens (tertiary/aromatic N) is 1. The molecule has 2 atom stereocenters. The number of hydrogen-bond acceptors (Lipinski definition) is 2. The molecule has 2 nitrogen and oxygen atoms in total. The van der Waals surface area contributed by atoms with Crippen molar-refractivity contribution in [3.63, 3.8) is 0 Å². The minimum atomic E-state index is -0.137. The lowest BCUT2D eigenvalue weighted by Crippen LogP contribution is -2.24. The summed E-state index contributed by atoms with van der Waals surface area (Å²) >= 11 is 0. The summed E-state index contributed by atoms with van der Waals surface area (Å²) in [5.41, 5.74) is 1.72. The minimum Gasteiger partial charge on any atom is -0.381 e. The van der Waals surface area contributed by atoms with Crippen LogP contribution in [0.5, 0.6) is 0 Å². The van der Waals surface area contributed by atoms with Gasteiger partial charge in [-0.2, -0.15) is 0 Å². The number of hydrogen-bond donors (Lipinski definition) is 1. The van der Waals surface area contributed by atoms with Gasteiger partial charge in [0.25, 0.3) is 0 Å². The maximum Gasteiger partial charge on any atom is 0.126 e. The van der Waals surface area contributed by atoms with Crippen molar-refractivity contribution in [2.24, 2.45) is 0 Å². The number of anilines is 1. The van der Waals surface area contributed by atoms with Crippen LogP contribution in [-0.4, -0.2) is 30.6 Å². The van der Waals surface area contributed by atoms with Crippen LogP contribution in [0.25, 0.3) is 0 Å². The third-order valence-electron chi connectivity index (χ3n) is 3.42. The first-order chi connectivity index (χ1) is 7.56. The third kappa shape index (κ3) is 2.35. The van der Waals surface area contributed by atoms with Crippen molar-refractivity contribution in [2.75, 3.05) is 18.9 Å². The SMILES string of the molecule is Cc1cc(NC2CC(C)N(C)C2)ccc1F. The lowest BCUT2D eigenvalue weighted by Gasteiger charge is -2.14. The van der Waals surface area contributed by atoms with E-state index in [2.05, 4.69) is 24.2 Å². The molecule has 3 heteroatoms. The normalized spacial score (nSPS) is 26.0. The monoisotopic (exact) mass is 222 g/mol. The van der Waals surface area contributed by atoms with Crippen LogP contribution >= 0.6 is 0 Å². The van der Waals surface area contributed by atoms with E-state index in [0.29, 0.717) is 17.6 Å². The predicted molar refractivity (Wildman–Crippen MR) is 65.3 cm³/mol. The largest absolute Gasteiger partial charge is 0.381 e. The Labute approximate surface area is 96.5 Å². The van der Waals surface area contributed by atoms with E-state index in [1.165, 1.54) is 6.07 Å². The molecular weight excluding hydrogens is 203 g/mol. The van der Waals surface area contributed by atoms with E-state index in [9.17, 15) is 4.39 Å². The number of nitrogens with one attached hydrogen (secondary N) is 1. The van der Waals surface area contributed by atoms with Gasteiger partial charge in [0.1, 0.15) is 5.82 Å². The quantitative estimate of drug-likeness (QED) is 0.827. The number of rotatable bonds is 2. The fourth-order valence-corrected chi connectivity index (χ4v) is 2.27. The van der Waals surface area contributed by atoms with Crippen molar-refractivity contribution in [3.8, 4) is 0 Å². The molecule has 1 aromatic rings. The van der Waals surface area contributed by atoms with Crippen molar-refractivity contribution in [1.82, 2.24) is 4.90 Å². The molecule has 1 fully saturated rings. The molecule has 0 spiro atoms. The highest BCUT2D eigenvalue weighted by Crippen LogP contribution is 2.21. The van der Waals surface area contributed by atoms with E-state index in [-0.39, 0.29) is 5.82 Å². The zero-order valence-electron chi connectivity index (χ0n) is 10.1. The molecular formula is C13H19FN2. The van der Waals surface area contributed by atoms with E-state index in [0.717, 1.165) is 18.7 Å². The second-order valence-electron chi connectivity index (χ2n) is 4.83. The van der Waals surface area contributed by atoms with E-state index in [1.54, 1.807) is 6.92 Å². The topological polar surface area (TPSA) is 15.3 Å². The molecule has 1 aromatic carbocycles. The fraction of sp³-hybridized carbons (Fsp3) is 0.538.